The summed E-state index contributed by atoms with van der Waals surface area (Å²) in [6.07, 6.45) is 1.63. The van der Waals surface area contributed by atoms with Crippen molar-refractivity contribution in [2.45, 2.75) is 25.7 Å². The quantitative estimate of drug-likeness (QED) is 0.726. The average Bonchev–Trinajstić information content (AvgIpc) is 3.00. The molecule has 0 radical (unpaired) electrons. The van der Waals surface area contributed by atoms with Gasteiger partial charge in [0.1, 0.15) is 11.6 Å². The molecule has 1 aromatic heterocycles. The van der Waals surface area contributed by atoms with E-state index in [0.29, 0.717) is 24.5 Å². The van der Waals surface area contributed by atoms with Crippen molar-refractivity contribution < 1.29 is 14.7 Å². The lowest BCUT2D eigenvalue weighted by molar-refractivity contribution is 0.0703. The van der Waals surface area contributed by atoms with E-state index in [4.69, 9.17) is 0 Å². The molecule has 1 saturated heterocycles. The minimum absolute atomic E-state index is 0.0354. The van der Waals surface area contributed by atoms with Crippen LogP contribution in [0.3, 0.4) is 0 Å². The van der Waals surface area contributed by atoms with Gasteiger partial charge in [0, 0.05) is 24.6 Å². The van der Waals surface area contributed by atoms with Gasteiger partial charge < -0.3 is 10.0 Å². The van der Waals surface area contributed by atoms with Crippen LogP contribution in [0.15, 0.2) is 23.0 Å². The fourth-order valence-electron chi connectivity index (χ4n) is 3.01. The predicted octanol–water partition coefficient (Wildman–Crippen LogP) is 1.03. The number of nitrogens with one attached hydrogen (secondary N) is 2. The van der Waals surface area contributed by atoms with E-state index in [-0.39, 0.29) is 34.6 Å². The molecule has 1 atom stereocenters. The zero-order valence-corrected chi connectivity index (χ0v) is 13.2. The molecule has 2 aromatic rings. The minimum atomic E-state index is -0.363. The molecular formula is C16H18N4O4. The number of H-pyrrole nitrogens is 2. The highest BCUT2D eigenvalue weighted by Gasteiger charge is 2.27. The van der Waals surface area contributed by atoms with Crippen molar-refractivity contribution in [2.24, 2.45) is 0 Å². The van der Waals surface area contributed by atoms with E-state index in [2.05, 4.69) is 15.2 Å². The van der Waals surface area contributed by atoms with Gasteiger partial charge in [-0.2, -0.15) is 5.10 Å². The summed E-state index contributed by atoms with van der Waals surface area (Å²) < 4.78 is 0. The maximum atomic E-state index is 12.6. The SMILES string of the molecule is CC(=O)c1ccc(C(=O)N2CCCC(c3n[nH]c(=O)[nH]3)C2)cc1O. The first-order chi connectivity index (χ1) is 11.5. The topological polar surface area (TPSA) is 119 Å². The number of phenols is 1. The first-order valence-electron chi connectivity index (χ1n) is 7.73. The Kier molecular flexibility index (Phi) is 4.20. The third-order valence-electron chi connectivity index (χ3n) is 4.24. The van der Waals surface area contributed by atoms with Crippen LogP contribution in [-0.4, -0.2) is 50.0 Å². The number of likely N-dealkylation sites (tertiary alicyclic amines) is 1. The number of hydrogen-bond acceptors (Lipinski definition) is 5. The first-order valence-corrected chi connectivity index (χ1v) is 7.73. The van der Waals surface area contributed by atoms with E-state index >= 15 is 0 Å². The Balaban J connectivity index is 1.78. The second-order valence-electron chi connectivity index (χ2n) is 5.94. The van der Waals surface area contributed by atoms with Crippen LogP contribution in [0.5, 0.6) is 5.75 Å². The highest BCUT2D eigenvalue weighted by atomic mass is 16.3. The largest absolute Gasteiger partial charge is 0.507 e. The monoisotopic (exact) mass is 330 g/mol. The molecule has 8 nitrogen and oxygen atoms in total. The van der Waals surface area contributed by atoms with Crippen LogP contribution >= 0.6 is 0 Å². The molecule has 1 aliphatic rings. The summed E-state index contributed by atoms with van der Waals surface area (Å²) in [5.74, 6) is -0.160. The number of piperidine rings is 1. The number of rotatable bonds is 3. The van der Waals surface area contributed by atoms with Crippen LogP contribution in [-0.2, 0) is 0 Å². The number of nitrogens with zero attached hydrogens (tertiary/aromatic N) is 2. The van der Waals surface area contributed by atoms with Crippen LogP contribution in [0.1, 0.15) is 52.2 Å². The molecule has 0 spiro atoms. The maximum absolute atomic E-state index is 12.6. The molecule has 126 valence electrons. The highest BCUT2D eigenvalue weighted by molar-refractivity contribution is 6.00. The molecule has 3 rings (SSSR count). The zero-order valence-electron chi connectivity index (χ0n) is 13.2. The molecule has 0 aliphatic carbocycles. The highest BCUT2D eigenvalue weighted by Crippen LogP contribution is 2.26. The lowest BCUT2D eigenvalue weighted by Crippen LogP contribution is -2.39. The lowest BCUT2D eigenvalue weighted by Gasteiger charge is -2.31. The minimum Gasteiger partial charge on any atom is -0.507 e. The molecule has 2 heterocycles. The molecular weight excluding hydrogens is 312 g/mol. The van der Waals surface area contributed by atoms with E-state index in [1.165, 1.54) is 19.1 Å². The van der Waals surface area contributed by atoms with Crippen LogP contribution < -0.4 is 5.69 Å². The van der Waals surface area contributed by atoms with Crippen molar-refractivity contribution in [1.82, 2.24) is 20.1 Å². The van der Waals surface area contributed by atoms with Crippen molar-refractivity contribution in [1.29, 1.82) is 0 Å². The number of aromatic amines is 2. The average molecular weight is 330 g/mol. The van der Waals surface area contributed by atoms with E-state index in [0.717, 1.165) is 12.8 Å². The summed E-state index contributed by atoms with van der Waals surface area (Å²) in [6.45, 7) is 2.39. The second kappa shape index (κ2) is 6.31. The normalized spacial score (nSPS) is 17.7. The van der Waals surface area contributed by atoms with Crippen molar-refractivity contribution in [3.63, 3.8) is 0 Å². The van der Waals surface area contributed by atoms with Gasteiger partial charge in [-0.1, -0.05) is 0 Å². The van der Waals surface area contributed by atoms with Crippen LogP contribution in [0, 0.1) is 0 Å². The van der Waals surface area contributed by atoms with Gasteiger partial charge in [0.25, 0.3) is 5.91 Å². The number of aromatic nitrogens is 3. The number of amides is 1. The summed E-state index contributed by atoms with van der Waals surface area (Å²) in [6, 6.07) is 4.31. The molecule has 1 aromatic carbocycles. The van der Waals surface area contributed by atoms with Gasteiger partial charge in [-0.25, -0.2) is 9.89 Å². The molecule has 1 unspecified atom stereocenters. The van der Waals surface area contributed by atoms with Gasteiger partial charge in [0.15, 0.2) is 5.78 Å². The fraction of sp³-hybridized carbons (Fsp3) is 0.375. The first kappa shape index (κ1) is 16.0. The third kappa shape index (κ3) is 3.08. The van der Waals surface area contributed by atoms with E-state index in [1.807, 2.05) is 0 Å². The number of benzene rings is 1. The molecule has 0 bridgehead atoms. The van der Waals surface area contributed by atoms with E-state index in [1.54, 1.807) is 11.0 Å². The van der Waals surface area contributed by atoms with Crippen molar-refractivity contribution in [3.8, 4) is 5.75 Å². The van der Waals surface area contributed by atoms with Crippen molar-refractivity contribution in [3.05, 3.63) is 45.6 Å². The lowest BCUT2D eigenvalue weighted by atomic mass is 9.96. The third-order valence-corrected chi connectivity index (χ3v) is 4.24. The fourth-order valence-corrected chi connectivity index (χ4v) is 3.01. The summed E-state index contributed by atoms with van der Waals surface area (Å²) >= 11 is 0. The Labute approximate surface area is 137 Å². The summed E-state index contributed by atoms with van der Waals surface area (Å²) in [7, 11) is 0. The second-order valence-corrected chi connectivity index (χ2v) is 5.94. The number of carbonyl (C=O) groups excluding carboxylic acids is 2. The van der Waals surface area contributed by atoms with Crippen molar-refractivity contribution >= 4 is 11.7 Å². The summed E-state index contributed by atoms with van der Waals surface area (Å²) in [5.41, 5.74) is 0.157. The molecule has 24 heavy (non-hydrogen) atoms. The predicted molar refractivity (Wildman–Crippen MR) is 85.2 cm³/mol. The number of phenolic OH excluding ortho intramolecular Hbond substituents is 1. The molecule has 0 saturated carbocycles. The van der Waals surface area contributed by atoms with Gasteiger partial charge in [0.05, 0.1) is 5.56 Å². The molecule has 1 aliphatic heterocycles. The Morgan fingerprint density at radius 1 is 1.38 bits per heavy atom. The Morgan fingerprint density at radius 2 is 2.17 bits per heavy atom. The molecule has 1 amide bonds. The van der Waals surface area contributed by atoms with Gasteiger partial charge in [-0.15, -0.1) is 0 Å². The number of carbonyl (C=O) groups is 2. The van der Waals surface area contributed by atoms with Gasteiger partial charge in [-0.3, -0.25) is 14.6 Å². The van der Waals surface area contributed by atoms with E-state index < -0.39 is 0 Å². The van der Waals surface area contributed by atoms with Crippen LogP contribution in [0.4, 0.5) is 0 Å². The van der Waals surface area contributed by atoms with Crippen LogP contribution in [0.25, 0.3) is 0 Å². The molecule has 3 N–H and O–H groups in total. The zero-order chi connectivity index (χ0) is 17.3. The van der Waals surface area contributed by atoms with Crippen molar-refractivity contribution in [2.75, 3.05) is 13.1 Å². The number of hydrogen-bond donors (Lipinski definition) is 3. The Bertz CT molecular complexity index is 839. The van der Waals surface area contributed by atoms with E-state index in [9.17, 15) is 19.5 Å². The number of Topliss-reactive ketones (excluding diaryl/α,β-unsaturated/α-hetero) is 1. The number of aromatic hydroxyl groups is 1. The summed E-state index contributed by atoms with van der Waals surface area (Å²) in [5, 5.41) is 16.2. The maximum Gasteiger partial charge on any atom is 0.340 e. The van der Waals surface area contributed by atoms with Gasteiger partial charge in [-0.05, 0) is 38.0 Å². The molecule has 8 heteroatoms. The van der Waals surface area contributed by atoms with Crippen LogP contribution in [0.2, 0.25) is 0 Å². The Morgan fingerprint density at radius 3 is 2.79 bits per heavy atom. The number of ketones is 1. The van der Waals surface area contributed by atoms with Gasteiger partial charge >= 0.3 is 5.69 Å². The summed E-state index contributed by atoms with van der Waals surface area (Å²) in [4.78, 5) is 39.5. The Hall–Kier alpha value is -2.90. The molecule has 1 fully saturated rings. The smallest absolute Gasteiger partial charge is 0.340 e. The standard InChI is InChI=1S/C16H18N4O4/c1-9(21)12-5-4-10(7-13(12)22)15(23)20-6-2-3-11(8-20)14-17-16(24)19-18-14/h4-5,7,11,22H,2-3,6,8H2,1H3,(H2,17,18,19,24). The van der Waals surface area contributed by atoms with Gasteiger partial charge in [0.2, 0.25) is 0 Å².